The smallest absolute Gasteiger partial charge is 0.310 e. The number of nitrogens with zero attached hydrogens (tertiary/aromatic N) is 1. The molecule has 0 aliphatic carbocycles. The Bertz CT molecular complexity index is 1330. The van der Waals surface area contributed by atoms with Crippen molar-refractivity contribution in [1.29, 1.82) is 0 Å². The van der Waals surface area contributed by atoms with Crippen LogP contribution in [0.1, 0.15) is 31.4 Å². The van der Waals surface area contributed by atoms with E-state index in [9.17, 15) is 4.79 Å². The van der Waals surface area contributed by atoms with E-state index in [0.29, 0.717) is 37.7 Å². The highest BCUT2D eigenvalue weighted by molar-refractivity contribution is 5.96. The number of anilines is 1. The Balaban J connectivity index is 1.73. The molecule has 0 saturated carbocycles. The molecule has 0 bridgehead atoms. The fraction of sp³-hybridized carbons (Fsp3) is 0.323. The van der Waals surface area contributed by atoms with Gasteiger partial charge in [0.25, 0.3) is 0 Å². The van der Waals surface area contributed by atoms with Gasteiger partial charge in [-0.2, -0.15) is 0 Å². The van der Waals surface area contributed by atoms with Gasteiger partial charge >= 0.3 is 5.97 Å². The van der Waals surface area contributed by atoms with Gasteiger partial charge in [0.1, 0.15) is 12.4 Å². The molecule has 0 radical (unpaired) electrons. The van der Waals surface area contributed by atoms with Crippen molar-refractivity contribution in [1.82, 2.24) is 0 Å². The monoisotopic (exact) mass is 516 g/mol. The molecule has 1 aliphatic rings. The van der Waals surface area contributed by atoms with Crippen molar-refractivity contribution in [3.05, 3.63) is 89.9 Å². The summed E-state index contributed by atoms with van der Waals surface area (Å²) in [5, 5.41) is 0.979. The van der Waals surface area contributed by atoms with E-state index in [1.54, 1.807) is 19.3 Å². The van der Waals surface area contributed by atoms with Crippen molar-refractivity contribution in [2.24, 2.45) is 5.73 Å². The molecule has 2 aromatic carbocycles. The zero-order valence-electron chi connectivity index (χ0n) is 22.2. The van der Waals surface area contributed by atoms with Gasteiger partial charge in [-0.25, -0.2) is 0 Å². The van der Waals surface area contributed by atoms with Crippen LogP contribution in [0.4, 0.5) is 5.69 Å². The highest BCUT2D eigenvalue weighted by Gasteiger charge is 2.20. The minimum absolute atomic E-state index is 0.0892. The van der Waals surface area contributed by atoms with Crippen molar-refractivity contribution < 1.29 is 23.4 Å². The van der Waals surface area contributed by atoms with Crippen LogP contribution in [0, 0.1) is 0 Å². The summed E-state index contributed by atoms with van der Waals surface area (Å²) >= 11 is 0. The first-order valence-corrected chi connectivity index (χ1v) is 13.0. The van der Waals surface area contributed by atoms with Crippen LogP contribution in [-0.2, 0) is 32.2 Å². The van der Waals surface area contributed by atoms with Crippen LogP contribution in [0.25, 0.3) is 22.1 Å². The van der Waals surface area contributed by atoms with Crippen molar-refractivity contribution in [2.75, 3.05) is 37.8 Å². The average Bonchev–Trinajstić information content (AvgIpc) is 3.37. The van der Waals surface area contributed by atoms with E-state index in [-0.39, 0.29) is 19.0 Å². The van der Waals surface area contributed by atoms with Gasteiger partial charge < -0.3 is 29.3 Å². The lowest BCUT2D eigenvalue weighted by Crippen LogP contribution is -2.36. The maximum atomic E-state index is 12.1. The third-order valence-corrected chi connectivity index (χ3v) is 6.49. The van der Waals surface area contributed by atoms with E-state index in [1.165, 1.54) is 0 Å². The molecule has 4 rings (SSSR count). The summed E-state index contributed by atoms with van der Waals surface area (Å²) in [5.74, 6) is 0.256. The quantitative estimate of drug-likeness (QED) is 0.193. The van der Waals surface area contributed by atoms with Crippen molar-refractivity contribution in [3.8, 4) is 11.1 Å². The fourth-order valence-electron chi connectivity index (χ4n) is 4.55. The Labute approximate surface area is 224 Å². The molecule has 3 aromatic rings. The van der Waals surface area contributed by atoms with Crippen molar-refractivity contribution in [2.45, 2.75) is 33.4 Å². The summed E-state index contributed by atoms with van der Waals surface area (Å²) in [4.78, 5) is 14.4. The number of carbonyl (C=O) groups is 1. The van der Waals surface area contributed by atoms with Gasteiger partial charge in [0.2, 0.25) is 0 Å². The summed E-state index contributed by atoms with van der Waals surface area (Å²) in [6.45, 7) is 11.6. The third-order valence-electron chi connectivity index (χ3n) is 6.49. The average molecular weight is 517 g/mol. The second-order valence-electron chi connectivity index (χ2n) is 9.00. The molecule has 7 heteroatoms. The number of fused-ring (bicyclic) bond motifs is 1. The highest BCUT2D eigenvalue weighted by Crippen LogP contribution is 2.37. The number of hydrogen-bond donors (Lipinski definition) is 1. The Morgan fingerprint density at radius 3 is 2.68 bits per heavy atom. The molecule has 38 heavy (non-hydrogen) atoms. The second-order valence-corrected chi connectivity index (χ2v) is 9.00. The van der Waals surface area contributed by atoms with Crippen LogP contribution in [0.15, 0.2) is 83.2 Å². The Morgan fingerprint density at radius 2 is 1.97 bits per heavy atom. The van der Waals surface area contributed by atoms with Gasteiger partial charge in [-0.15, -0.1) is 0 Å². The summed E-state index contributed by atoms with van der Waals surface area (Å²) < 4.78 is 23.1. The minimum Gasteiger partial charge on any atom is -0.488 e. The van der Waals surface area contributed by atoms with Crippen molar-refractivity contribution in [3.63, 3.8) is 0 Å². The molecule has 0 unspecified atom stereocenters. The lowest BCUT2D eigenvalue weighted by Gasteiger charge is -2.29. The van der Waals surface area contributed by atoms with Gasteiger partial charge in [0.15, 0.2) is 5.58 Å². The van der Waals surface area contributed by atoms with Crippen molar-refractivity contribution >= 4 is 22.6 Å². The van der Waals surface area contributed by atoms with E-state index in [0.717, 1.165) is 52.0 Å². The first-order valence-electron chi connectivity index (χ1n) is 13.0. The number of hydrogen-bond acceptors (Lipinski definition) is 7. The molecule has 0 spiro atoms. The first-order chi connectivity index (χ1) is 18.6. The summed E-state index contributed by atoms with van der Waals surface area (Å²) in [7, 11) is 0. The maximum absolute atomic E-state index is 12.1. The van der Waals surface area contributed by atoms with Gasteiger partial charge in [-0.05, 0) is 54.8 Å². The fourth-order valence-corrected chi connectivity index (χ4v) is 4.55. The normalized spacial score (nSPS) is 14.6. The number of furan rings is 1. The largest absolute Gasteiger partial charge is 0.488 e. The molecule has 2 N–H and O–H groups in total. The minimum atomic E-state index is -0.318. The van der Waals surface area contributed by atoms with Crippen LogP contribution in [0.2, 0.25) is 0 Å². The molecule has 0 amide bonds. The molecule has 1 saturated heterocycles. The lowest BCUT2D eigenvalue weighted by molar-refractivity contribution is -0.142. The summed E-state index contributed by atoms with van der Waals surface area (Å²) in [6.07, 6.45) is 7.18. The first kappa shape index (κ1) is 27.2. The maximum Gasteiger partial charge on any atom is 0.310 e. The number of nitrogens with two attached hydrogens (primary N) is 1. The van der Waals surface area contributed by atoms with Crippen LogP contribution in [0.5, 0.6) is 0 Å². The number of morpholine rings is 1. The zero-order valence-corrected chi connectivity index (χ0v) is 22.2. The van der Waals surface area contributed by atoms with Crippen LogP contribution < -0.4 is 10.6 Å². The molecule has 200 valence electrons. The van der Waals surface area contributed by atoms with E-state index in [4.69, 9.17) is 24.4 Å². The SMILES string of the molecule is C=C/C(CC(=O)OCC)=C(\C=C/C)OCc1coc2c(N3CCOCC3)cc(-c3cccc(CN)c3)cc12. The molecule has 1 aromatic heterocycles. The van der Waals surface area contributed by atoms with Gasteiger partial charge in [0.05, 0.1) is 38.2 Å². The van der Waals surface area contributed by atoms with E-state index >= 15 is 0 Å². The van der Waals surface area contributed by atoms with E-state index < -0.39 is 0 Å². The Hall–Kier alpha value is -3.81. The molecular weight excluding hydrogens is 480 g/mol. The van der Waals surface area contributed by atoms with Crippen LogP contribution >= 0.6 is 0 Å². The van der Waals surface area contributed by atoms with Gasteiger partial charge in [-0.3, -0.25) is 4.79 Å². The molecule has 0 atom stereocenters. The summed E-state index contributed by atoms with van der Waals surface area (Å²) in [6, 6.07) is 12.6. The standard InChI is InChI=1S/C31H36N2O5/c1-4-8-29(23(5-2)18-30(34)36-6-3)37-20-26-21-38-31-27(26)16-25(24-10-7-9-22(15-24)19-32)17-28(31)33-11-13-35-14-12-33/h4-5,7-10,15-17,21H,2,6,11-14,18-20,32H2,1,3H3/b8-4-,29-23-. The predicted molar refractivity (Wildman–Crippen MR) is 151 cm³/mol. The number of benzene rings is 2. The van der Waals surface area contributed by atoms with E-state index in [1.807, 2.05) is 31.2 Å². The number of carbonyl (C=O) groups excluding carboxylic acids is 1. The number of allylic oxidation sites excluding steroid dienone is 3. The topological polar surface area (TPSA) is 87.2 Å². The predicted octanol–water partition coefficient (Wildman–Crippen LogP) is 5.88. The van der Waals surface area contributed by atoms with Gasteiger partial charge in [-0.1, -0.05) is 36.9 Å². The summed E-state index contributed by atoms with van der Waals surface area (Å²) in [5.41, 5.74) is 12.6. The number of esters is 1. The second kappa shape index (κ2) is 13.1. The van der Waals surface area contributed by atoms with Crippen LogP contribution in [0.3, 0.4) is 0 Å². The number of ether oxygens (including phenoxy) is 3. The Kier molecular flexibility index (Phi) is 9.40. The highest BCUT2D eigenvalue weighted by atomic mass is 16.5. The van der Waals surface area contributed by atoms with Gasteiger partial charge in [0, 0.05) is 36.2 Å². The Morgan fingerprint density at radius 1 is 1.16 bits per heavy atom. The lowest BCUT2D eigenvalue weighted by atomic mass is 9.99. The molecule has 1 fully saturated rings. The molecule has 1 aliphatic heterocycles. The zero-order chi connectivity index (χ0) is 26.9. The molecule has 2 heterocycles. The van der Waals surface area contributed by atoms with E-state index in [2.05, 4.69) is 35.7 Å². The molecule has 7 nitrogen and oxygen atoms in total. The molecular formula is C31H36N2O5. The van der Waals surface area contributed by atoms with Crippen LogP contribution in [-0.4, -0.2) is 38.9 Å². The number of rotatable bonds is 11. The third kappa shape index (κ3) is 6.36.